The molecule has 2 atom stereocenters. The molecule has 1 heterocycles. The van der Waals surface area contributed by atoms with E-state index in [0.717, 1.165) is 19.4 Å². The van der Waals surface area contributed by atoms with Crippen LogP contribution in [0.2, 0.25) is 0 Å². The van der Waals surface area contributed by atoms with Gasteiger partial charge in [-0.05, 0) is 24.2 Å². The predicted molar refractivity (Wildman–Crippen MR) is 61.9 cm³/mol. The van der Waals surface area contributed by atoms with E-state index in [1.165, 1.54) is 0 Å². The van der Waals surface area contributed by atoms with Crippen molar-refractivity contribution in [1.82, 2.24) is 4.90 Å². The summed E-state index contributed by atoms with van der Waals surface area (Å²) in [5.74, 6) is 0.425. The first kappa shape index (κ1) is 11.6. The Labute approximate surface area is 97.2 Å². The highest BCUT2D eigenvalue weighted by Crippen LogP contribution is 2.53. The molecule has 1 aliphatic heterocycles. The van der Waals surface area contributed by atoms with E-state index in [1.807, 2.05) is 7.05 Å². The zero-order chi connectivity index (χ0) is 12.1. The molecule has 1 spiro atoms. The topological polar surface area (TPSA) is 37.4 Å². The Kier molecular flexibility index (Phi) is 2.41. The van der Waals surface area contributed by atoms with Crippen molar-refractivity contribution in [2.24, 2.45) is 16.7 Å². The lowest BCUT2D eigenvalue weighted by Gasteiger charge is -2.42. The average molecular weight is 223 g/mol. The number of carbonyl (C=O) groups excluding carboxylic acids is 2. The van der Waals surface area contributed by atoms with E-state index < -0.39 is 5.41 Å². The van der Waals surface area contributed by atoms with Crippen molar-refractivity contribution in [3.8, 4) is 0 Å². The molecule has 3 nitrogen and oxygen atoms in total. The molecular formula is C13H21NO2. The zero-order valence-corrected chi connectivity index (χ0v) is 10.7. The van der Waals surface area contributed by atoms with Gasteiger partial charge in [0.2, 0.25) is 5.91 Å². The molecule has 0 aromatic heterocycles. The first-order valence-electron chi connectivity index (χ1n) is 6.08. The number of piperidine rings is 1. The molecule has 2 rings (SSSR count). The number of carbonyl (C=O) groups is 2. The molecule has 0 aromatic carbocycles. The third kappa shape index (κ3) is 1.40. The number of ketones is 1. The van der Waals surface area contributed by atoms with Gasteiger partial charge in [-0.25, -0.2) is 0 Å². The van der Waals surface area contributed by atoms with E-state index in [2.05, 4.69) is 20.8 Å². The lowest BCUT2D eigenvalue weighted by molar-refractivity contribution is -0.155. The summed E-state index contributed by atoms with van der Waals surface area (Å²) in [7, 11) is 1.81. The van der Waals surface area contributed by atoms with Crippen LogP contribution in [-0.4, -0.2) is 30.2 Å². The fourth-order valence-electron chi connectivity index (χ4n) is 3.44. The fourth-order valence-corrected chi connectivity index (χ4v) is 3.44. The Morgan fingerprint density at radius 3 is 2.44 bits per heavy atom. The van der Waals surface area contributed by atoms with Crippen molar-refractivity contribution < 1.29 is 9.59 Å². The highest BCUT2D eigenvalue weighted by Gasteiger charge is 2.60. The normalized spacial score (nSPS) is 38.5. The summed E-state index contributed by atoms with van der Waals surface area (Å²) in [6, 6.07) is 0. The van der Waals surface area contributed by atoms with Gasteiger partial charge in [0.05, 0.1) is 0 Å². The lowest BCUT2D eigenvalue weighted by atomic mass is 9.68. The minimum absolute atomic E-state index is 0.0147. The van der Waals surface area contributed by atoms with Crippen LogP contribution in [0.15, 0.2) is 0 Å². The molecule has 2 aliphatic rings. The Balaban J connectivity index is 2.42. The summed E-state index contributed by atoms with van der Waals surface area (Å²) < 4.78 is 0. The maximum atomic E-state index is 12.4. The molecule has 1 saturated heterocycles. The van der Waals surface area contributed by atoms with Gasteiger partial charge in [-0.3, -0.25) is 9.59 Å². The number of hydrogen-bond donors (Lipinski definition) is 0. The smallest absolute Gasteiger partial charge is 0.236 e. The van der Waals surface area contributed by atoms with E-state index in [-0.39, 0.29) is 23.0 Å². The molecule has 0 bridgehead atoms. The molecule has 1 saturated carbocycles. The van der Waals surface area contributed by atoms with Gasteiger partial charge in [0.1, 0.15) is 11.2 Å². The van der Waals surface area contributed by atoms with Crippen LogP contribution in [-0.2, 0) is 9.59 Å². The monoisotopic (exact) mass is 223 g/mol. The van der Waals surface area contributed by atoms with E-state index in [0.29, 0.717) is 6.42 Å². The Bertz CT molecular complexity index is 348. The van der Waals surface area contributed by atoms with Crippen LogP contribution < -0.4 is 0 Å². The van der Waals surface area contributed by atoms with Gasteiger partial charge < -0.3 is 4.90 Å². The van der Waals surface area contributed by atoms with Crippen molar-refractivity contribution in [2.75, 3.05) is 13.6 Å². The van der Waals surface area contributed by atoms with Gasteiger partial charge >= 0.3 is 0 Å². The molecule has 0 unspecified atom stereocenters. The van der Waals surface area contributed by atoms with Crippen LogP contribution in [0.1, 0.15) is 40.0 Å². The van der Waals surface area contributed by atoms with Gasteiger partial charge in [-0.15, -0.1) is 0 Å². The number of rotatable bonds is 0. The number of likely N-dealkylation sites (tertiary alicyclic amines) is 1. The highest BCUT2D eigenvalue weighted by molar-refractivity contribution is 6.08. The zero-order valence-electron chi connectivity index (χ0n) is 10.7. The van der Waals surface area contributed by atoms with Crippen LogP contribution in [0.5, 0.6) is 0 Å². The standard InChI is InChI=1S/C13H21NO2/c1-9-5-6-14(4)11(16)13(9)8-12(2,3)7-10(13)15/h9H,5-8H2,1-4H3/t9-,13+/m0/s1. The number of Topliss-reactive ketones (excluding diaryl/α,β-unsaturated/α-hetero) is 1. The van der Waals surface area contributed by atoms with Crippen LogP contribution >= 0.6 is 0 Å². The Morgan fingerprint density at radius 2 is 1.94 bits per heavy atom. The minimum atomic E-state index is -0.698. The molecule has 0 N–H and O–H groups in total. The molecule has 90 valence electrons. The number of hydrogen-bond acceptors (Lipinski definition) is 2. The maximum Gasteiger partial charge on any atom is 0.236 e. The molecule has 1 amide bonds. The van der Waals surface area contributed by atoms with E-state index in [9.17, 15) is 9.59 Å². The quantitative estimate of drug-likeness (QED) is 0.588. The van der Waals surface area contributed by atoms with Gasteiger partial charge in [-0.2, -0.15) is 0 Å². The summed E-state index contributed by atoms with van der Waals surface area (Å²) >= 11 is 0. The number of amides is 1. The molecule has 0 aromatic rings. The molecule has 3 heteroatoms. The van der Waals surface area contributed by atoms with Crippen LogP contribution in [0, 0.1) is 16.7 Å². The van der Waals surface area contributed by atoms with Crippen LogP contribution in [0.25, 0.3) is 0 Å². The van der Waals surface area contributed by atoms with Gasteiger partial charge in [0.15, 0.2) is 0 Å². The molecule has 16 heavy (non-hydrogen) atoms. The van der Waals surface area contributed by atoms with E-state index in [1.54, 1.807) is 4.90 Å². The van der Waals surface area contributed by atoms with E-state index >= 15 is 0 Å². The number of nitrogens with zero attached hydrogens (tertiary/aromatic N) is 1. The second-order valence-corrected chi connectivity index (χ2v) is 6.33. The summed E-state index contributed by atoms with van der Waals surface area (Å²) in [5.41, 5.74) is -0.713. The minimum Gasteiger partial charge on any atom is -0.345 e. The van der Waals surface area contributed by atoms with Crippen LogP contribution in [0.4, 0.5) is 0 Å². The largest absolute Gasteiger partial charge is 0.345 e. The van der Waals surface area contributed by atoms with Crippen molar-refractivity contribution >= 4 is 11.7 Å². The fraction of sp³-hybridized carbons (Fsp3) is 0.846. The SMILES string of the molecule is C[C@H]1CCN(C)C(=O)[C@]12CC(C)(C)CC2=O. The summed E-state index contributed by atoms with van der Waals surface area (Å²) in [4.78, 5) is 26.4. The van der Waals surface area contributed by atoms with Crippen LogP contribution in [0.3, 0.4) is 0 Å². The van der Waals surface area contributed by atoms with E-state index in [4.69, 9.17) is 0 Å². The van der Waals surface area contributed by atoms with Gasteiger partial charge in [0, 0.05) is 20.0 Å². The van der Waals surface area contributed by atoms with Gasteiger partial charge in [-0.1, -0.05) is 20.8 Å². The first-order chi connectivity index (χ1) is 7.29. The summed E-state index contributed by atoms with van der Waals surface area (Å²) in [6.07, 6.45) is 2.23. The summed E-state index contributed by atoms with van der Waals surface area (Å²) in [5, 5.41) is 0. The van der Waals surface area contributed by atoms with Gasteiger partial charge in [0.25, 0.3) is 0 Å². The highest BCUT2D eigenvalue weighted by atomic mass is 16.2. The lowest BCUT2D eigenvalue weighted by Crippen LogP contribution is -2.53. The predicted octanol–water partition coefficient (Wildman–Crippen LogP) is 1.86. The summed E-state index contributed by atoms with van der Waals surface area (Å²) in [6.45, 7) is 7.03. The molecule has 2 fully saturated rings. The Morgan fingerprint density at radius 1 is 1.31 bits per heavy atom. The second-order valence-electron chi connectivity index (χ2n) is 6.33. The van der Waals surface area contributed by atoms with Crippen molar-refractivity contribution in [1.29, 1.82) is 0 Å². The van der Waals surface area contributed by atoms with Crippen molar-refractivity contribution in [3.05, 3.63) is 0 Å². The Hall–Kier alpha value is -0.860. The third-order valence-electron chi connectivity index (χ3n) is 4.36. The maximum absolute atomic E-state index is 12.4. The first-order valence-corrected chi connectivity index (χ1v) is 6.08. The third-order valence-corrected chi connectivity index (χ3v) is 4.36. The van der Waals surface area contributed by atoms with Crippen molar-refractivity contribution in [3.63, 3.8) is 0 Å². The van der Waals surface area contributed by atoms with Crippen molar-refractivity contribution in [2.45, 2.75) is 40.0 Å². The average Bonchev–Trinajstić information content (AvgIpc) is 2.41. The second kappa shape index (κ2) is 3.31. The molecule has 0 radical (unpaired) electrons. The molecule has 1 aliphatic carbocycles. The molecular weight excluding hydrogens is 202 g/mol.